The number of fused-ring (bicyclic) bond motifs is 1. The van der Waals surface area contributed by atoms with Crippen LogP contribution in [0.2, 0.25) is 0 Å². The summed E-state index contributed by atoms with van der Waals surface area (Å²) in [6, 6.07) is -2.97. The Kier molecular flexibility index (Phi) is 76.4. The topological polar surface area (TPSA) is 826 Å². The van der Waals surface area contributed by atoms with E-state index in [4.69, 9.17) is 156 Å². The van der Waals surface area contributed by atoms with Gasteiger partial charge in [0.1, 0.15) is 49.0 Å². The molecule has 22 atom stereocenters. The van der Waals surface area contributed by atoms with Crippen LogP contribution in [0.25, 0.3) is 11.5 Å². The standard InChI is InChI=1S/C52H80N8O25.CO2.7Na.3H2O4S.2O3S/c1-5-30-34-35(31(6-2)83-30)47(71)60(46(34)70)12-16-75-14-10-58(33(63)8-7-32(62)55-9-13-74-17-19-77-49-29(61)21-28(24-79-49)82-50-36(53)40(66)38(64)25(3)80-50)22-27-23-59(57-56-27)11-15-76-18-20-78-52-43(69)42(68)44(45(85-52)48(72)73)84-51-37(54)41(67)39(65)26(4)81-51;2-1-3;;;;;;;;3*1-5(2,3)4;2*1-4(2)3/h21,23-26,28-31,34-45,49-54,61,64-69H,3-20,22H2,1-2H3,(H,55,62)(H,72,73);;;;;;;;;3*(H2,1,2,3,4);;/q-6;;7*+1;;;;;/p-4/t25?,26?,28-,29?,30-,31+,34+,35-,36?,37?,38+,39+,40+,41+,42+,43?,44-,45?,49+,50+,51+,52+;;;;;;;;;;;;;/m0............./s1. The first-order valence-electron chi connectivity index (χ1n) is 31.7. The van der Waals surface area contributed by atoms with E-state index in [1.165, 1.54) is 27.5 Å². The molecule has 6 saturated heterocycles. The van der Waals surface area contributed by atoms with E-state index in [1.807, 2.05) is 13.8 Å². The van der Waals surface area contributed by atoms with Gasteiger partial charge in [-0.05, 0) is 31.2 Å². The number of hydrogen-bond acceptors (Lipinski definition) is 44. The van der Waals surface area contributed by atoms with Crippen LogP contribution < -0.4 is 217 Å². The maximum Gasteiger partial charge on any atom is 1.00 e. The summed E-state index contributed by atoms with van der Waals surface area (Å²) in [6.07, 6.45) is -20.7. The molecule has 0 spiro atoms. The SMILES string of the molecule is O=C=O.O=S(=O)([O-])O.O=S(=O)([O-])O.O=S(=O)([O-])O.O=S(=O)=O.O=S(=O)=O.[CH2-]C1O[C@H](O[C@@H]2[CH-]O[C@@H](OCCOCCNC(=O)CCC(=O)N(CCOCCN3C(=O)[C@@H]4[C@H](C3=O)[C@H](CC)O[C@@H]4CC)Cc3cn(CCOCCO[C@@H]4OC(C(=O)[O-])[C@@H](O[C@H]5OC([CH2-])[C@@H](O)[C@H](O)C5[NH-])[C@H](O)C4O)nn3)C(O)[CH-]2)C([NH-])[C@@H](O)[C@@H]1O.[Na+].[Na+].[Na+].[Na+].[Na+].[Na+].[Na+]. The third-order valence-corrected chi connectivity index (χ3v) is 15.1. The number of amides is 4. The first-order chi connectivity index (χ1) is 51.5. The molecule has 7 heterocycles. The number of aliphatic carboxylic acids is 1. The number of aromatic nitrogens is 3. The van der Waals surface area contributed by atoms with Gasteiger partial charge >= 0.3 is 234 Å². The molecule has 4 amide bonds. The maximum atomic E-state index is 13.7. The number of likely N-dealkylation sites (tertiary alicyclic amines) is 1. The molecule has 1 aromatic rings. The van der Waals surface area contributed by atoms with Crippen LogP contribution in [0.5, 0.6) is 0 Å². The van der Waals surface area contributed by atoms with E-state index >= 15 is 0 Å². The van der Waals surface area contributed by atoms with E-state index < -0.39 is 193 Å². The predicted molar refractivity (Wildman–Crippen MR) is 340 cm³/mol. The van der Waals surface area contributed by atoms with Crippen molar-refractivity contribution in [2.45, 2.75) is 175 Å². The zero-order valence-electron chi connectivity index (χ0n) is 64.9. The van der Waals surface area contributed by atoms with Gasteiger partial charge in [-0.1, -0.05) is 31.1 Å². The molecule has 0 bridgehead atoms. The molecule has 0 saturated carbocycles. The second-order valence-corrected chi connectivity index (χ2v) is 26.1. The van der Waals surface area contributed by atoms with Gasteiger partial charge in [-0.2, -0.15) is 15.7 Å². The quantitative estimate of drug-likeness (QED) is 0.00797. The van der Waals surface area contributed by atoms with E-state index in [2.05, 4.69) is 29.5 Å². The minimum atomic E-state index is -4.92. The minimum absolute atomic E-state index is 0. The van der Waals surface area contributed by atoms with E-state index in [9.17, 15) is 64.8 Å². The molecule has 6 aliphatic rings. The van der Waals surface area contributed by atoms with Crippen molar-refractivity contribution in [2.75, 3.05) is 72.5 Å². The number of ether oxygens (including phenoxy) is 12. The maximum absolute atomic E-state index is 13.7. The second kappa shape index (κ2) is 68.2. The van der Waals surface area contributed by atoms with Crippen LogP contribution in [-0.2, 0) is 156 Å². The summed E-state index contributed by atoms with van der Waals surface area (Å²) in [5, 5.41) is 95.1. The average Bonchev–Trinajstić information content (AvgIpc) is 1.59. The molecule has 0 aliphatic carbocycles. The van der Waals surface area contributed by atoms with Gasteiger partial charge in [-0.25, -0.2) is 36.5 Å². The second-order valence-electron chi connectivity index (χ2n) is 22.8. The van der Waals surface area contributed by atoms with Crippen molar-refractivity contribution >= 4 is 88.2 Å². The summed E-state index contributed by atoms with van der Waals surface area (Å²) in [5.74, 6) is -4.38. The van der Waals surface area contributed by atoms with E-state index in [0.717, 1.165) is 0 Å². The number of nitrogens with one attached hydrogen (secondary N) is 3. The van der Waals surface area contributed by atoms with Crippen molar-refractivity contribution in [1.29, 1.82) is 0 Å². The first-order valence-corrected chi connectivity index (χ1v) is 37.8. The summed E-state index contributed by atoms with van der Waals surface area (Å²) in [5.41, 5.74) is 16.5. The average molecular weight is 1870 g/mol. The fourth-order valence-electron chi connectivity index (χ4n) is 10.4. The van der Waals surface area contributed by atoms with E-state index in [-0.39, 0.29) is 335 Å². The van der Waals surface area contributed by atoms with Crippen molar-refractivity contribution in [3.8, 4) is 0 Å². The van der Waals surface area contributed by atoms with Gasteiger partial charge in [0.15, 0.2) is 6.29 Å². The van der Waals surface area contributed by atoms with Crippen molar-refractivity contribution in [3.63, 3.8) is 0 Å². The summed E-state index contributed by atoms with van der Waals surface area (Å²) in [4.78, 5) is 84.1. The fraction of sp³-hybridized carbons (Fsp3) is 0.774. The molecular weight excluding hydrogens is 1790 g/mol. The molecular formula is C53H82N8Na7O45S5-3. The third kappa shape index (κ3) is 53.9. The number of rotatable bonds is 32. The van der Waals surface area contributed by atoms with E-state index in [1.54, 1.807) is 6.20 Å². The van der Waals surface area contributed by atoms with Gasteiger partial charge in [-0.3, -0.25) is 44.2 Å². The molecule has 7 rings (SSSR count). The first kappa shape index (κ1) is 132. The largest absolute Gasteiger partial charge is 1.00 e. The van der Waals surface area contributed by atoms with E-state index in [0.29, 0.717) is 18.5 Å². The summed E-state index contributed by atoms with van der Waals surface area (Å²) < 4.78 is 217. The van der Waals surface area contributed by atoms with Gasteiger partial charge in [0.05, 0.1) is 133 Å². The Labute approximate surface area is 833 Å². The van der Waals surface area contributed by atoms with Crippen LogP contribution in [-0.4, -0.2) is 369 Å². The number of carbonyl (C=O) groups excluding carboxylic acids is 7. The summed E-state index contributed by atoms with van der Waals surface area (Å²) in [6.45, 7) is 12.2. The van der Waals surface area contributed by atoms with Gasteiger partial charge < -0.3 is 152 Å². The molecule has 118 heavy (non-hydrogen) atoms. The van der Waals surface area contributed by atoms with Crippen LogP contribution in [0.3, 0.4) is 0 Å². The zero-order valence-corrected chi connectivity index (χ0v) is 83.0. The molecule has 1 aromatic heterocycles. The minimum Gasteiger partial charge on any atom is -0.726 e. The Bertz CT molecular complexity index is 3520. The van der Waals surface area contributed by atoms with Crippen LogP contribution in [0.4, 0.5) is 0 Å². The van der Waals surface area contributed by atoms with Gasteiger partial charge in [0.2, 0.25) is 54.8 Å². The number of carboxylic acid groups (broad SMARTS) is 1. The van der Waals surface area contributed by atoms with Gasteiger partial charge in [-0.15, -0.1) is 30.4 Å². The smallest absolute Gasteiger partial charge is 0.726 e. The fourth-order valence-corrected chi connectivity index (χ4v) is 10.4. The molecule has 13 N–H and O–H groups in total. The Morgan fingerprint density at radius 3 is 1.48 bits per heavy atom. The Hall–Kier alpha value is 1.08. The van der Waals surface area contributed by atoms with Crippen LogP contribution in [0.15, 0.2) is 6.20 Å². The summed E-state index contributed by atoms with van der Waals surface area (Å²) >= 11 is 0. The number of imide groups is 1. The van der Waals surface area contributed by atoms with Crippen molar-refractivity contribution in [2.24, 2.45) is 11.8 Å². The van der Waals surface area contributed by atoms with Crippen molar-refractivity contribution in [3.05, 3.63) is 50.2 Å². The Morgan fingerprint density at radius 1 is 0.619 bits per heavy atom. The summed E-state index contributed by atoms with van der Waals surface area (Å²) in [7, 11) is -21.0. The molecule has 6 aliphatic heterocycles. The molecule has 644 valence electrons. The molecule has 0 radical (unpaired) electrons. The third-order valence-electron chi connectivity index (χ3n) is 15.1. The predicted octanol–water partition coefficient (Wildman–Crippen LogP) is -32.3. The zero-order chi connectivity index (χ0) is 85.0. The molecule has 6 fully saturated rings. The molecule has 65 heteroatoms. The number of aliphatic hydroxyl groups is 7. The Balaban J connectivity index is -0.000000651. The number of nitrogens with zero attached hydrogens (tertiary/aromatic N) is 5. The van der Waals surface area contributed by atoms with Crippen molar-refractivity contribution in [1.82, 2.24) is 30.1 Å². The van der Waals surface area contributed by atoms with Crippen LogP contribution >= 0.6 is 0 Å². The monoisotopic (exact) mass is 1870 g/mol. The number of aliphatic hydroxyl groups excluding tert-OH is 7. The Morgan fingerprint density at radius 2 is 1.04 bits per heavy atom. The molecule has 53 nitrogen and oxygen atoms in total. The van der Waals surface area contributed by atoms with Gasteiger partial charge in [0, 0.05) is 25.9 Å². The molecule has 7 unspecified atom stereocenters. The normalized spacial score (nSPS) is 28.5. The van der Waals surface area contributed by atoms with Crippen molar-refractivity contribution < 1.29 is 416 Å². The van der Waals surface area contributed by atoms with Crippen LogP contribution in [0.1, 0.15) is 45.2 Å². The number of hydrogen-bond donors (Lipinski definition) is 11. The molecule has 0 aromatic carbocycles. The van der Waals surface area contributed by atoms with Crippen LogP contribution in [0, 0.1) is 38.7 Å². The number of carbonyl (C=O) groups is 5. The van der Waals surface area contributed by atoms with Gasteiger partial charge in [0.25, 0.3) is 0 Å². The number of carboxylic acids is 1.